The Morgan fingerprint density at radius 1 is 1.25 bits per heavy atom. The zero-order chi connectivity index (χ0) is 8.39. The summed E-state index contributed by atoms with van der Waals surface area (Å²) in [6.45, 7) is 3.89. The minimum absolute atomic E-state index is 0.624. The highest BCUT2D eigenvalue weighted by molar-refractivity contribution is 5.62. The van der Waals surface area contributed by atoms with E-state index in [1.807, 2.05) is 0 Å². The maximum Gasteiger partial charge on any atom is 0.00272 e. The zero-order valence-electron chi connectivity index (χ0n) is 7.16. The van der Waals surface area contributed by atoms with Crippen LogP contribution in [0.5, 0.6) is 0 Å². The zero-order valence-corrected chi connectivity index (χ0v) is 7.16. The fraction of sp³-hybridized carbons (Fsp3) is 0.250. The second-order valence-corrected chi connectivity index (χ2v) is 3.24. The van der Waals surface area contributed by atoms with E-state index < -0.39 is 0 Å². The second-order valence-electron chi connectivity index (χ2n) is 3.24. The van der Waals surface area contributed by atoms with Crippen molar-refractivity contribution in [1.29, 1.82) is 0 Å². The Balaban J connectivity index is 2.30. The van der Waals surface area contributed by atoms with Crippen molar-refractivity contribution in [3.8, 4) is 0 Å². The van der Waals surface area contributed by atoms with Gasteiger partial charge in [0.2, 0.25) is 0 Å². The molecule has 0 saturated carbocycles. The lowest BCUT2D eigenvalue weighted by atomic mass is 9.97. The first-order valence-electron chi connectivity index (χ1n) is 4.48. The Hall–Kier alpha value is -1.04. The lowest BCUT2D eigenvalue weighted by Crippen LogP contribution is -1.91. The Morgan fingerprint density at radius 2 is 2.08 bits per heavy atom. The van der Waals surface area contributed by atoms with Crippen molar-refractivity contribution in [2.75, 3.05) is 0 Å². The first-order chi connectivity index (χ1) is 5.92. The molecule has 0 N–H and O–H groups in total. The van der Waals surface area contributed by atoms with Crippen LogP contribution >= 0.6 is 0 Å². The third-order valence-corrected chi connectivity index (χ3v) is 2.42. The van der Waals surface area contributed by atoms with Crippen molar-refractivity contribution < 1.29 is 0 Å². The number of rotatable bonds is 2. The van der Waals surface area contributed by atoms with Crippen LogP contribution in [0.15, 0.2) is 30.3 Å². The van der Waals surface area contributed by atoms with E-state index in [1.54, 1.807) is 0 Å². The van der Waals surface area contributed by atoms with Crippen LogP contribution in [0.1, 0.15) is 29.9 Å². The van der Waals surface area contributed by atoms with Gasteiger partial charge in [-0.05, 0) is 17.5 Å². The summed E-state index contributed by atoms with van der Waals surface area (Å²) < 4.78 is 0. The maximum atomic E-state index is 3.89. The van der Waals surface area contributed by atoms with E-state index in [0.29, 0.717) is 5.92 Å². The molecule has 1 unspecified atom stereocenters. The third-order valence-electron chi connectivity index (χ3n) is 2.42. The summed E-state index contributed by atoms with van der Waals surface area (Å²) in [5.74, 6) is 0.624. The summed E-state index contributed by atoms with van der Waals surface area (Å²) in [4.78, 5) is 0. The van der Waals surface area contributed by atoms with Crippen LogP contribution in [0, 0.1) is 6.92 Å². The van der Waals surface area contributed by atoms with Crippen molar-refractivity contribution in [3.05, 3.63) is 48.4 Å². The highest BCUT2D eigenvalue weighted by Crippen LogP contribution is 2.32. The van der Waals surface area contributed by atoms with E-state index in [1.165, 1.54) is 17.5 Å². The number of fused-ring (bicyclic) bond motifs is 1. The van der Waals surface area contributed by atoms with Gasteiger partial charge in [-0.15, -0.1) is 0 Å². The first-order valence-corrected chi connectivity index (χ1v) is 4.48. The monoisotopic (exact) mass is 157 g/mol. The van der Waals surface area contributed by atoms with Crippen LogP contribution in [-0.2, 0) is 0 Å². The summed E-state index contributed by atoms with van der Waals surface area (Å²) in [5, 5.41) is 0. The molecular formula is C12H13. The lowest BCUT2D eigenvalue weighted by molar-refractivity contribution is 0.759. The van der Waals surface area contributed by atoms with Crippen LogP contribution in [0.4, 0.5) is 0 Å². The largest absolute Gasteiger partial charge is 0.0764 e. The summed E-state index contributed by atoms with van der Waals surface area (Å²) in [6, 6.07) is 8.60. The van der Waals surface area contributed by atoms with Gasteiger partial charge in [0.15, 0.2) is 0 Å². The normalized spacial score (nSPS) is 19.6. The van der Waals surface area contributed by atoms with Gasteiger partial charge < -0.3 is 0 Å². The van der Waals surface area contributed by atoms with Gasteiger partial charge in [0.05, 0.1) is 0 Å². The molecule has 0 fully saturated rings. The topological polar surface area (TPSA) is 0 Å². The van der Waals surface area contributed by atoms with E-state index in [2.05, 4.69) is 43.3 Å². The van der Waals surface area contributed by atoms with Crippen LogP contribution < -0.4 is 0 Å². The van der Waals surface area contributed by atoms with Gasteiger partial charge in [-0.25, -0.2) is 0 Å². The predicted octanol–water partition coefficient (Wildman–Crippen LogP) is 3.41. The van der Waals surface area contributed by atoms with Gasteiger partial charge in [0, 0.05) is 5.92 Å². The summed E-state index contributed by atoms with van der Waals surface area (Å²) in [6.07, 6.45) is 6.70. The standard InChI is InChI=1S/C12H13/c1-2-5-10-8-9-11-6-3-4-7-12(10)11/h3-4,6-10H,1-2,5H2. The molecule has 1 atom stereocenters. The molecule has 0 aromatic heterocycles. The molecule has 61 valence electrons. The second kappa shape index (κ2) is 3.14. The van der Waals surface area contributed by atoms with E-state index in [4.69, 9.17) is 0 Å². The molecule has 0 heterocycles. The molecule has 0 aliphatic heterocycles. The van der Waals surface area contributed by atoms with Gasteiger partial charge in [-0.2, -0.15) is 0 Å². The van der Waals surface area contributed by atoms with E-state index >= 15 is 0 Å². The first kappa shape index (κ1) is 7.60. The van der Waals surface area contributed by atoms with E-state index in [9.17, 15) is 0 Å². The number of benzene rings is 1. The van der Waals surface area contributed by atoms with Gasteiger partial charge in [0.25, 0.3) is 0 Å². The lowest BCUT2D eigenvalue weighted by Gasteiger charge is -2.08. The summed E-state index contributed by atoms with van der Waals surface area (Å²) in [7, 11) is 0. The average molecular weight is 157 g/mol. The van der Waals surface area contributed by atoms with Gasteiger partial charge in [-0.3, -0.25) is 0 Å². The highest BCUT2D eigenvalue weighted by atomic mass is 14.2. The highest BCUT2D eigenvalue weighted by Gasteiger charge is 2.14. The Morgan fingerprint density at radius 3 is 2.92 bits per heavy atom. The van der Waals surface area contributed by atoms with Crippen molar-refractivity contribution >= 4 is 6.08 Å². The minimum Gasteiger partial charge on any atom is -0.0764 e. The van der Waals surface area contributed by atoms with Gasteiger partial charge in [-0.1, -0.05) is 49.8 Å². The Kier molecular flexibility index (Phi) is 1.99. The molecule has 0 nitrogen and oxygen atoms in total. The SMILES string of the molecule is [CH2]CCC1C=Cc2ccccc21. The number of hydrogen-bond acceptors (Lipinski definition) is 0. The quantitative estimate of drug-likeness (QED) is 0.617. The van der Waals surface area contributed by atoms with Crippen LogP contribution in [0.2, 0.25) is 0 Å². The van der Waals surface area contributed by atoms with E-state index in [0.717, 1.165) is 6.42 Å². The van der Waals surface area contributed by atoms with Crippen molar-refractivity contribution in [3.63, 3.8) is 0 Å². The van der Waals surface area contributed by atoms with Crippen LogP contribution in [0.25, 0.3) is 6.08 Å². The molecule has 1 radical (unpaired) electrons. The molecule has 1 aromatic rings. The van der Waals surface area contributed by atoms with Crippen LogP contribution in [0.3, 0.4) is 0 Å². The van der Waals surface area contributed by atoms with E-state index in [-0.39, 0.29) is 0 Å². The predicted molar refractivity (Wildman–Crippen MR) is 52.8 cm³/mol. The Bertz CT molecular complexity index is 297. The molecule has 0 heteroatoms. The molecule has 0 amide bonds. The van der Waals surface area contributed by atoms with Gasteiger partial charge in [0.1, 0.15) is 0 Å². The molecule has 0 saturated heterocycles. The van der Waals surface area contributed by atoms with Gasteiger partial charge >= 0.3 is 0 Å². The molecular weight excluding hydrogens is 144 g/mol. The molecule has 1 aliphatic rings. The van der Waals surface area contributed by atoms with Crippen molar-refractivity contribution in [2.45, 2.75) is 18.8 Å². The summed E-state index contributed by atoms with van der Waals surface area (Å²) in [5.41, 5.74) is 2.86. The fourth-order valence-electron chi connectivity index (χ4n) is 1.80. The molecule has 2 rings (SSSR count). The Labute approximate surface area is 73.9 Å². The molecule has 1 aliphatic carbocycles. The third kappa shape index (κ3) is 1.18. The average Bonchev–Trinajstić information content (AvgIpc) is 2.50. The maximum absolute atomic E-state index is 3.89. The molecule has 12 heavy (non-hydrogen) atoms. The van der Waals surface area contributed by atoms with Crippen molar-refractivity contribution in [2.24, 2.45) is 0 Å². The molecule has 0 bridgehead atoms. The molecule has 1 aromatic carbocycles. The minimum atomic E-state index is 0.624. The smallest absolute Gasteiger partial charge is 0.00272 e. The number of hydrogen-bond donors (Lipinski definition) is 0. The number of allylic oxidation sites excluding steroid dienone is 1. The molecule has 0 spiro atoms. The fourth-order valence-corrected chi connectivity index (χ4v) is 1.80. The summed E-state index contributed by atoms with van der Waals surface area (Å²) >= 11 is 0. The van der Waals surface area contributed by atoms with Crippen LogP contribution in [-0.4, -0.2) is 0 Å². The van der Waals surface area contributed by atoms with Crippen molar-refractivity contribution in [1.82, 2.24) is 0 Å².